The van der Waals surface area contributed by atoms with E-state index >= 15 is 0 Å². The second-order valence-electron chi connectivity index (χ2n) is 4.19. The number of amides is 1. The summed E-state index contributed by atoms with van der Waals surface area (Å²) in [6.45, 7) is 2.10. The van der Waals surface area contributed by atoms with Gasteiger partial charge >= 0.3 is 0 Å². The highest BCUT2D eigenvalue weighted by Crippen LogP contribution is 2.12. The number of hydrogen-bond donors (Lipinski definition) is 2. The Morgan fingerprint density at radius 2 is 1.89 bits per heavy atom. The Bertz CT molecular complexity index is 547. The van der Waals surface area contributed by atoms with Gasteiger partial charge in [0.1, 0.15) is 5.82 Å². The van der Waals surface area contributed by atoms with Crippen LogP contribution in [0.1, 0.15) is 22.8 Å². The van der Waals surface area contributed by atoms with Gasteiger partial charge < -0.3 is 10.6 Å². The van der Waals surface area contributed by atoms with Gasteiger partial charge in [-0.3, -0.25) is 4.79 Å². The lowest BCUT2D eigenvalue weighted by atomic mass is 10.1. The van der Waals surface area contributed by atoms with E-state index in [-0.39, 0.29) is 5.91 Å². The van der Waals surface area contributed by atoms with E-state index in [1.165, 1.54) is 5.56 Å². The first kappa shape index (κ1) is 13.1. The largest absolute Gasteiger partial charge is 0.373 e. The van der Waals surface area contributed by atoms with Gasteiger partial charge in [-0.05, 0) is 36.2 Å². The van der Waals surface area contributed by atoms with Gasteiger partial charge in [-0.15, -0.1) is 0 Å². The fourth-order valence-electron chi connectivity index (χ4n) is 1.70. The molecule has 0 saturated heterocycles. The predicted molar refractivity (Wildman–Crippen MR) is 77.6 cm³/mol. The number of rotatable bonds is 4. The fraction of sp³-hybridized carbons (Fsp3) is 0.200. The topological polar surface area (TPSA) is 54.0 Å². The minimum atomic E-state index is -0.153. The van der Waals surface area contributed by atoms with Crippen LogP contribution in [0.25, 0.3) is 0 Å². The summed E-state index contributed by atoms with van der Waals surface area (Å²) in [6.07, 6.45) is 2.55. The third-order valence-electron chi connectivity index (χ3n) is 2.90. The van der Waals surface area contributed by atoms with Crippen molar-refractivity contribution in [3.63, 3.8) is 0 Å². The van der Waals surface area contributed by atoms with Crippen molar-refractivity contribution >= 4 is 17.4 Å². The molecule has 1 aromatic heterocycles. The van der Waals surface area contributed by atoms with Gasteiger partial charge in [-0.25, -0.2) is 4.98 Å². The molecule has 1 aromatic carbocycles. The van der Waals surface area contributed by atoms with Crippen LogP contribution in [-0.4, -0.2) is 17.9 Å². The van der Waals surface area contributed by atoms with Crippen LogP contribution in [-0.2, 0) is 6.42 Å². The van der Waals surface area contributed by atoms with Crippen molar-refractivity contribution in [2.45, 2.75) is 13.3 Å². The molecule has 4 nitrogen and oxygen atoms in total. The van der Waals surface area contributed by atoms with Crippen molar-refractivity contribution in [1.29, 1.82) is 0 Å². The van der Waals surface area contributed by atoms with E-state index < -0.39 is 0 Å². The normalized spacial score (nSPS) is 10.0. The number of carbonyl (C=O) groups excluding carboxylic acids is 1. The van der Waals surface area contributed by atoms with E-state index in [2.05, 4.69) is 22.5 Å². The van der Waals surface area contributed by atoms with E-state index in [0.717, 1.165) is 17.9 Å². The highest BCUT2D eigenvalue weighted by atomic mass is 16.1. The number of aryl methyl sites for hydroxylation is 1. The third kappa shape index (κ3) is 3.31. The number of nitrogens with one attached hydrogen (secondary N) is 2. The lowest BCUT2D eigenvalue weighted by molar-refractivity contribution is 0.102. The second kappa shape index (κ2) is 6.00. The van der Waals surface area contributed by atoms with Gasteiger partial charge in [0.05, 0.1) is 5.56 Å². The molecule has 2 aromatic rings. The molecule has 0 saturated carbocycles. The van der Waals surface area contributed by atoms with Crippen LogP contribution >= 0.6 is 0 Å². The molecular weight excluding hydrogens is 238 g/mol. The monoisotopic (exact) mass is 255 g/mol. The molecule has 0 radical (unpaired) electrons. The summed E-state index contributed by atoms with van der Waals surface area (Å²) < 4.78 is 0. The molecule has 0 fully saturated rings. The zero-order valence-electron chi connectivity index (χ0n) is 11.1. The number of carbonyl (C=O) groups is 1. The maximum atomic E-state index is 12.0. The van der Waals surface area contributed by atoms with Crippen molar-refractivity contribution in [3.8, 4) is 0 Å². The third-order valence-corrected chi connectivity index (χ3v) is 2.90. The Kier molecular flexibility index (Phi) is 4.13. The second-order valence-corrected chi connectivity index (χ2v) is 4.19. The van der Waals surface area contributed by atoms with E-state index in [0.29, 0.717) is 5.56 Å². The van der Waals surface area contributed by atoms with Gasteiger partial charge in [0, 0.05) is 18.9 Å². The van der Waals surface area contributed by atoms with E-state index in [1.807, 2.05) is 24.3 Å². The molecule has 0 spiro atoms. The molecule has 0 bridgehead atoms. The van der Waals surface area contributed by atoms with Gasteiger partial charge in [-0.2, -0.15) is 0 Å². The molecule has 0 unspecified atom stereocenters. The minimum Gasteiger partial charge on any atom is -0.373 e. The first-order valence-corrected chi connectivity index (χ1v) is 6.27. The molecule has 4 heteroatoms. The van der Waals surface area contributed by atoms with Gasteiger partial charge in [0.25, 0.3) is 5.91 Å². The molecule has 98 valence electrons. The summed E-state index contributed by atoms with van der Waals surface area (Å²) in [5.74, 6) is 0.586. The molecule has 0 aliphatic heterocycles. The quantitative estimate of drug-likeness (QED) is 0.883. The molecule has 1 amide bonds. The molecule has 0 aliphatic carbocycles. The number of hydrogen-bond acceptors (Lipinski definition) is 3. The first-order valence-electron chi connectivity index (χ1n) is 6.27. The predicted octanol–water partition coefficient (Wildman–Crippen LogP) is 2.94. The maximum absolute atomic E-state index is 12.0. The van der Waals surface area contributed by atoms with Gasteiger partial charge in [0.15, 0.2) is 0 Å². The molecule has 19 heavy (non-hydrogen) atoms. The first-order chi connectivity index (χ1) is 9.22. The van der Waals surface area contributed by atoms with Crippen LogP contribution < -0.4 is 10.6 Å². The Labute approximate surface area is 112 Å². The molecule has 2 N–H and O–H groups in total. The highest BCUT2D eigenvalue weighted by molar-refractivity contribution is 6.04. The van der Waals surface area contributed by atoms with Crippen LogP contribution in [0, 0.1) is 0 Å². The molecule has 1 heterocycles. The summed E-state index contributed by atoms with van der Waals surface area (Å²) in [6, 6.07) is 11.4. The molecule has 0 atom stereocenters. The summed E-state index contributed by atoms with van der Waals surface area (Å²) >= 11 is 0. The lowest BCUT2D eigenvalue weighted by Crippen LogP contribution is -2.12. The van der Waals surface area contributed by atoms with Crippen molar-refractivity contribution in [1.82, 2.24) is 4.98 Å². The summed E-state index contributed by atoms with van der Waals surface area (Å²) in [5, 5.41) is 5.76. The maximum Gasteiger partial charge on any atom is 0.257 e. The smallest absolute Gasteiger partial charge is 0.257 e. The Morgan fingerprint density at radius 3 is 2.42 bits per heavy atom. The summed E-state index contributed by atoms with van der Waals surface area (Å²) in [5.41, 5.74) is 2.58. The van der Waals surface area contributed by atoms with Gasteiger partial charge in [0.2, 0.25) is 0 Å². The van der Waals surface area contributed by atoms with Crippen LogP contribution in [0.15, 0.2) is 42.6 Å². The Morgan fingerprint density at radius 1 is 1.16 bits per heavy atom. The SMILES string of the molecule is CCc1ccc(NC(=O)c2ccc(NC)nc2)cc1. The lowest BCUT2D eigenvalue weighted by Gasteiger charge is -2.06. The van der Waals surface area contributed by atoms with Gasteiger partial charge in [-0.1, -0.05) is 19.1 Å². The average Bonchev–Trinajstić information content (AvgIpc) is 2.48. The van der Waals surface area contributed by atoms with E-state index in [1.54, 1.807) is 25.4 Å². The van der Waals surface area contributed by atoms with E-state index in [9.17, 15) is 4.79 Å². The standard InChI is InChI=1S/C15H17N3O/c1-3-11-4-7-13(8-5-11)18-15(19)12-6-9-14(16-2)17-10-12/h4-10H,3H2,1-2H3,(H,16,17)(H,18,19). The van der Waals surface area contributed by atoms with E-state index in [4.69, 9.17) is 0 Å². The van der Waals surface area contributed by atoms with Crippen LogP contribution in [0.2, 0.25) is 0 Å². The van der Waals surface area contributed by atoms with Crippen LogP contribution in [0.3, 0.4) is 0 Å². The Balaban J connectivity index is 2.06. The number of nitrogens with zero attached hydrogens (tertiary/aromatic N) is 1. The highest BCUT2D eigenvalue weighted by Gasteiger charge is 2.06. The summed E-state index contributed by atoms with van der Waals surface area (Å²) in [7, 11) is 1.79. The van der Waals surface area contributed by atoms with Crippen molar-refractivity contribution in [2.24, 2.45) is 0 Å². The fourth-order valence-corrected chi connectivity index (χ4v) is 1.70. The minimum absolute atomic E-state index is 0.153. The van der Waals surface area contributed by atoms with Crippen molar-refractivity contribution in [2.75, 3.05) is 17.7 Å². The van der Waals surface area contributed by atoms with Crippen LogP contribution in [0.5, 0.6) is 0 Å². The molecular formula is C15H17N3O. The van der Waals surface area contributed by atoms with Crippen molar-refractivity contribution in [3.05, 3.63) is 53.7 Å². The number of aromatic nitrogens is 1. The van der Waals surface area contributed by atoms with Crippen molar-refractivity contribution < 1.29 is 4.79 Å². The average molecular weight is 255 g/mol. The van der Waals surface area contributed by atoms with Crippen LogP contribution in [0.4, 0.5) is 11.5 Å². The summed E-state index contributed by atoms with van der Waals surface area (Å²) in [4.78, 5) is 16.1. The Hall–Kier alpha value is -2.36. The number of anilines is 2. The zero-order chi connectivity index (χ0) is 13.7. The number of pyridine rings is 1. The number of benzene rings is 1. The zero-order valence-corrected chi connectivity index (χ0v) is 11.1. The molecule has 0 aliphatic rings. The molecule has 2 rings (SSSR count).